The zero-order chi connectivity index (χ0) is 12.4. The highest BCUT2D eigenvalue weighted by Crippen LogP contribution is 2.31. The summed E-state index contributed by atoms with van der Waals surface area (Å²) in [5, 5.41) is 0. The molecule has 0 spiro atoms. The van der Waals surface area contributed by atoms with Crippen LogP contribution in [0.25, 0.3) is 0 Å². The van der Waals surface area contributed by atoms with E-state index in [-0.39, 0.29) is 11.7 Å². The number of hydrogen-bond acceptors (Lipinski definition) is 4. The predicted molar refractivity (Wildman–Crippen MR) is 61.6 cm³/mol. The van der Waals surface area contributed by atoms with Crippen LogP contribution in [0.1, 0.15) is 24.2 Å². The lowest BCUT2D eigenvalue weighted by Crippen LogP contribution is -2.20. The molecule has 0 radical (unpaired) electrons. The highest BCUT2D eigenvalue weighted by atomic mass is 16.6. The van der Waals surface area contributed by atoms with Crippen molar-refractivity contribution < 1.29 is 19.1 Å². The van der Waals surface area contributed by atoms with Crippen LogP contribution in [0.2, 0.25) is 0 Å². The summed E-state index contributed by atoms with van der Waals surface area (Å²) in [5.74, 6) is -0.0159. The van der Waals surface area contributed by atoms with Gasteiger partial charge in [-0.25, -0.2) is 0 Å². The third-order valence-electron chi connectivity index (χ3n) is 2.55. The van der Waals surface area contributed by atoms with Crippen LogP contribution in [0.3, 0.4) is 0 Å². The van der Waals surface area contributed by atoms with Crippen molar-refractivity contribution in [2.45, 2.75) is 13.8 Å². The molecule has 1 aliphatic rings. The molecule has 0 fully saturated rings. The monoisotopic (exact) mass is 234 g/mol. The maximum Gasteiger partial charge on any atom is 0.228 e. The van der Waals surface area contributed by atoms with Crippen molar-refractivity contribution in [1.29, 1.82) is 0 Å². The summed E-state index contributed by atoms with van der Waals surface area (Å²) in [6.45, 7) is 4.38. The van der Waals surface area contributed by atoms with Crippen LogP contribution in [0.5, 0.6) is 11.5 Å². The lowest BCUT2D eigenvalue weighted by atomic mass is 9.99. The molecule has 0 bridgehead atoms. The van der Waals surface area contributed by atoms with E-state index in [9.17, 15) is 9.59 Å². The fourth-order valence-corrected chi connectivity index (χ4v) is 1.59. The van der Waals surface area contributed by atoms with Gasteiger partial charge in [0.15, 0.2) is 11.5 Å². The predicted octanol–water partition coefficient (Wildman–Crippen LogP) is 1.87. The van der Waals surface area contributed by atoms with Crippen LogP contribution in [0, 0.1) is 5.92 Å². The van der Waals surface area contributed by atoms with Crippen LogP contribution in [0.4, 0.5) is 0 Å². The Hall–Kier alpha value is -1.84. The van der Waals surface area contributed by atoms with Crippen LogP contribution in [0.15, 0.2) is 18.2 Å². The number of hydrogen-bond donors (Lipinski definition) is 0. The maximum atomic E-state index is 11.8. The second-order valence-corrected chi connectivity index (χ2v) is 4.21. The van der Waals surface area contributed by atoms with Crippen LogP contribution in [-0.2, 0) is 4.79 Å². The Morgan fingerprint density at radius 3 is 2.41 bits per heavy atom. The van der Waals surface area contributed by atoms with Gasteiger partial charge >= 0.3 is 0 Å². The molecule has 1 heterocycles. The highest BCUT2D eigenvalue weighted by Gasteiger charge is 2.21. The van der Waals surface area contributed by atoms with Crippen molar-refractivity contribution in [1.82, 2.24) is 0 Å². The van der Waals surface area contributed by atoms with Crippen LogP contribution in [-0.4, -0.2) is 24.8 Å². The smallest absolute Gasteiger partial charge is 0.228 e. The summed E-state index contributed by atoms with van der Waals surface area (Å²) in [4.78, 5) is 23.4. The Labute approximate surface area is 99.5 Å². The number of carbonyl (C=O) groups excluding carboxylic acids is 2. The van der Waals surface area contributed by atoms with E-state index < -0.39 is 5.78 Å². The van der Waals surface area contributed by atoms with E-state index in [2.05, 4.69) is 0 Å². The number of rotatable bonds is 3. The SMILES string of the molecule is CC(C)C(=O)C(=O)c1ccc2c(c1)OCCO2. The molecular weight excluding hydrogens is 220 g/mol. The van der Waals surface area contributed by atoms with Gasteiger partial charge in [-0.2, -0.15) is 0 Å². The molecule has 1 aromatic rings. The van der Waals surface area contributed by atoms with Gasteiger partial charge in [0.1, 0.15) is 13.2 Å². The third-order valence-corrected chi connectivity index (χ3v) is 2.55. The molecule has 1 aromatic carbocycles. The largest absolute Gasteiger partial charge is 0.486 e. The second-order valence-electron chi connectivity index (χ2n) is 4.21. The summed E-state index contributed by atoms with van der Waals surface area (Å²) >= 11 is 0. The van der Waals surface area contributed by atoms with Gasteiger partial charge in [0.05, 0.1) is 0 Å². The van der Waals surface area contributed by atoms with Crippen molar-refractivity contribution in [2.24, 2.45) is 5.92 Å². The quantitative estimate of drug-likeness (QED) is 0.591. The van der Waals surface area contributed by atoms with E-state index in [1.807, 2.05) is 0 Å². The van der Waals surface area contributed by atoms with Crippen molar-refractivity contribution in [3.8, 4) is 11.5 Å². The fourth-order valence-electron chi connectivity index (χ4n) is 1.59. The number of ether oxygens (including phenoxy) is 2. The standard InChI is InChI=1S/C13H14O4/c1-8(2)12(14)13(15)9-3-4-10-11(7-9)17-6-5-16-10/h3-4,7-8H,5-6H2,1-2H3. The van der Waals surface area contributed by atoms with E-state index in [0.717, 1.165) is 0 Å². The summed E-state index contributed by atoms with van der Waals surface area (Å²) in [7, 11) is 0. The number of carbonyl (C=O) groups is 2. The molecule has 90 valence electrons. The first kappa shape index (κ1) is 11.6. The molecule has 0 atom stereocenters. The zero-order valence-corrected chi connectivity index (χ0v) is 9.86. The molecule has 0 unspecified atom stereocenters. The average Bonchev–Trinajstić information content (AvgIpc) is 2.36. The first-order valence-electron chi connectivity index (χ1n) is 5.58. The van der Waals surface area contributed by atoms with Crippen molar-refractivity contribution in [3.63, 3.8) is 0 Å². The van der Waals surface area contributed by atoms with Gasteiger partial charge in [-0.1, -0.05) is 13.8 Å². The van der Waals surface area contributed by atoms with E-state index in [0.29, 0.717) is 30.3 Å². The number of benzene rings is 1. The lowest BCUT2D eigenvalue weighted by molar-refractivity contribution is -0.117. The van der Waals surface area contributed by atoms with Crippen LogP contribution >= 0.6 is 0 Å². The van der Waals surface area contributed by atoms with Gasteiger partial charge in [-0.3, -0.25) is 9.59 Å². The molecule has 0 amide bonds. The maximum absolute atomic E-state index is 11.8. The summed E-state index contributed by atoms with van der Waals surface area (Å²) < 4.78 is 10.7. The highest BCUT2D eigenvalue weighted by molar-refractivity contribution is 6.44. The Morgan fingerprint density at radius 2 is 1.76 bits per heavy atom. The first-order valence-corrected chi connectivity index (χ1v) is 5.58. The van der Waals surface area contributed by atoms with E-state index in [1.54, 1.807) is 32.0 Å². The Morgan fingerprint density at radius 1 is 1.12 bits per heavy atom. The number of Topliss-reactive ketones (excluding diaryl/α,β-unsaturated/α-hetero) is 2. The van der Waals surface area contributed by atoms with Gasteiger partial charge in [-0.15, -0.1) is 0 Å². The molecule has 4 heteroatoms. The second kappa shape index (κ2) is 4.57. The lowest BCUT2D eigenvalue weighted by Gasteiger charge is -2.18. The van der Waals surface area contributed by atoms with E-state index in [4.69, 9.17) is 9.47 Å². The van der Waals surface area contributed by atoms with E-state index >= 15 is 0 Å². The zero-order valence-electron chi connectivity index (χ0n) is 9.86. The Kier molecular flexibility index (Phi) is 3.13. The number of fused-ring (bicyclic) bond motifs is 1. The molecule has 0 N–H and O–H groups in total. The normalized spacial score (nSPS) is 13.6. The Balaban J connectivity index is 2.28. The topological polar surface area (TPSA) is 52.6 Å². The molecule has 1 aliphatic heterocycles. The van der Waals surface area contributed by atoms with Gasteiger partial charge in [0.25, 0.3) is 0 Å². The van der Waals surface area contributed by atoms with Gasteiger partial charge in [-0.05, 0) is 18.2 Å². The van der Waals surface area contributed by atoms with Crippen molar-refractivity contribution in [3.05, 3.63) is 23.8 Å². The molecule has 4 nitrogen and oxygen atoms in total. The van der Waals surface area contributed by atoms with Crippen molar-refractivity contribution >= 4 is 11.6 Å². The molecule has 0 aliphatic carbocycles. The van der Waals surface area contributed by atoms with Gasteiger partial charge in [0, 0.05) is 11.5 Å². The number of ketones is 2. The van der Waals surface area contributed by atoms with E-state index in [1.165, 1.54) is 0 Å². The van der Waals surface area contributed by atoms with Crippen molar-refractivity contribution in [2.75, 3.05) is 13.2 Å². The Bertz CT molecular complexity index is 462. The molecule has 0 aromatic heterocycles. The first-order chi connectivity index (χ1) is 8.09. The minimum absolute atomic E-state index is 0.296. The van der Waals surface area contributed by atoms with Gasteiger partial charge < -0.3 is 9.47 Å². The molecule has 0 saturated heterocycles. The molecule has 2 rings (SSSR count). The van der Waals surface area contributed by atoms with Crippen LogP contribution < -0.4 is 9.47 Å². The average molecular weight is 234 g/mol. The third kappa shape index (κ3) is 2.30. The molecular formula is C13H14O4. The molecule has 17 heavy (non-hydrogen) atoms. The summed E-state index contributed by atoms with van der Waals surface area (Å²) in [6.07, 6.45) is 0. The minimum Gasteiger partial charge on any atom is -0.486 e. The minimum atomic E-state index is -0.475. The summed E-state index contributed by atoms with van der Waals surface area (Å²) in [5.41, 5.74) is 0.355. The van der Waals surface area contributed by atoms with Gasteiger partial charge in [0.2, 0.25) is 11.6 Å². The fraction of sp³-hybridized carbons (Fsp3) is 0.385. The molecule has 0 saturated carbocycles. The summed E-state index contributed by atoms with van der Waals surface area (Å²) in [6, 6.07) is 4.82.